The number of nitrogens with zero attached hydrogens (tertiary/aromatic N) is 2. The minimum absolute atomic E-state index is 0.300. The Morgan fingerprint density at radius 1 is 1.06 bits per heavy atom. The van der Waals surface area contributed by atoms with Crippen LogP contribution in [0.1, 0.15) is 69.8 Å². The second-order valence-electron chi connectivity index (χ2n) is 4.97. The molecule has 3 heteroatoms. The quantitative estimate of drug-likeness (QED) is 0.676. The van der Waals surface area contributed by atoms with Crippen LogP contribution >= 0.6 is 0 Å². The van der Waals surface area contributed by atoms with Crippen molar-refractivity contribution in [3.8, 4) is 0 Å². The molecule has 1 aromatic rings. The molecule has 0 fully saturated rings. The van der Waals surface area contributed by atoms with Gasteiger partial charge >= 0.3 is 0 Å². The van der Waals surface area contributed by atoms with E-state index in [1.807, 2.05) is 6.92 Å². The van der Waals surface area contributed by atoms with E-state index in [-0.39, 0.29) is 0 Å². The summed E-state index contributed by atoms with van der Waals surface area (Å²) in [6.45, 7) is 7.51. The van der Waals surface area contributed by atoms with Crippen LogP contribution in [0.25, 0.3) is 0 Å². The van der Waals surface area contributed by atoms with Crippen molar-refractivity contribution in [2.75, 3.05) is 6.54 Å². The lowest BCUT2D eigenvalue weighted by atomic mass is 10.1. The highest BCUT2D eigenvalue weighted by Gasteiger charge is 2.08. The number of rotatable bonds is 9. The van der Waals surface area contributed by atoms with E-state index in [4.69, 9.17) is 0 Å². The van der Waals surface area contributed by atoms with Crippen LogP contribution in [0.3, 0.4) is 0 Å². The number of aryl methyl sites for hydroxylation is 1. The third kappa shape index (κ3) is 5.58. The fraction of sp³-hybridized carbons (Fsp3) is 0.733. The number of hydrogen-bond donors (Lipinski definition) is 1. The van der Waals surface area contributed by atoms with Gasteiger partial charge in [0.2, 0.25) is 0 Å². The Labute approximate surface area is 111 Å². The second-order valence-corrected chi connectivity index (χ2v) is 4.97. The lowest BCUT2D eigenvalue weighted by molar-refractivity contribution is 0.517. The molecule has 1 N–H and O–H groups in total. The molecule has 3 nitrogen and oxygen atoms in total. The van der Waals surface area contributed by atoms with Crippen LogP contribution in [-0.4, -0.2) is 16.5 Å². The molecule has 0 aliphatic rings. The molecule has 0 saturated carbocycles. The SMILES string of the molecule is CCCCCCCCNC(C)c1nccnc1C. The Balaban J connectivity index is 2.14. The van der Waals surface area contributed by atoms with Gasteiger partial charge in [-0.25, -0.2) is 0 Å². The van der Waals surface area contributed by atoms with Crippen molar-refractivity contribution in [2.45, 2.75) is 65.3 Å². The van der Waals surface area contributed by atoms with Gasteiger partial charge in [0.25, 0.3) is 0 Å². The summed E-state index contributed by atoms with van der Waals surface area (Å²) in [5, 5.41) is 3.53. The van der Waals surface area contributed by atoms with Crippen LogP contribution in [0, 0.1) is 6.92 Å². The molecule has 0 aliphatic carbocycles. The Bertz CT molecular complexity index is 325. The molecule has 0 aromatic carbocycles. The van der Waals surface area contributed by atoms with Crippen molar-refractivity contribution < 1.29 is 0 Å². The molecule has 1 atom stereocenters. The summed E-state index contributed by atoms with van der Waals surface area (Å²) in [5.41, 5.74) is 2.10. The van der Waals surface area contributed by atoms with Crippen LogP contribution in [-0.2, 0) is 0 Å². The largest absolute Gasteiger partial charge is 0.309 e. The number of unbranched alkanes of at least 4 members (excludes halogenated alkanes) is 5. The Morgan fingerprint density at radius 2 is 1.72 bits per heavy atom. The maximum absolute atomic E-state index is 4.39. The lowest BCUT2D eigenvalue weighted by Gasteiger charge is -2.14. The highest BCUT2D eigenvalue weighted by Crippen LogP contribution is 2.12. The molecule has 0 spiro atoms. The third-order valence-corrected chi connectivity index (χ3v) is 3.31. The molecular weight excluding hydrogens is 222 g/mol. The van der Waals surface area contributed by atoms with E-state index in [1.165, 1.54) is 38.5 Å². The highest BCUT2D eigenvalue weighted by molar-refractivity contribution is 5.12. The minimum Gasteiger partial charge on any atom is -0.309 e. The molecule has 1 heterocycles. The first-order valence-electron chi connectivity index (χ1n) is 7.26. The zero-order valence-electron chi connectivity index (χ0n) is 12.1. The molecule has 18 heavy (non-hydrogen) atoms. The van der Waals surface area contributed by atoms with Gasteiger partial charge in [-0.05, 0) is 26.8 Å². The topological polar surface area (TPSA) is 37.8 Å². The fourth-order valence-electron chi connectivity index (χ4n) is 2.16. The summed E-state index contributed by atoms with van der Waals surface area (Å²) in [6.07, 6.45) is 11.6. The van der Waals surface area contributed by atoms with Crippen LogP contribution in [0.4, 0.5) is 0 Å². The average molecular weight is 249 g/mol. The summed E-state index contributed by atoms with van der Waals surface area (Å²) in [6, 6.07) is 0.300. The Hall–Kier alpha value is -0.960. The number of nitrogens with one attached hydrogen (secondary N) is 1. The van der Waals surface area contributed by atoms with Crippen molar-refractivity contribution in [1.82, 2.24) is 15.3 Å². The van der Waals surface area contributed by atoms with Gasteiger partial charge in [0.1, 0.15) is 0 Å². The van der Waals surface area contributed by atoms with Gasteiger partial charge in [0, 0.05) is 18.4 Å². The van der Waals surface area contributed by atoms with E-state index in [1.54, 1.807) is 12.4 Å². The first kappa shape index (κ1) is 15.1. The third-order valence-electron chi connectivity index (χ3n) is 3.31. The first-order valence-corrected chi connectivity index (χ1v) is 7.26. The maximum Gasteiger partial charge on any atom is 0.0782 e. The minimum atomic E-state index is 0.300. The molecule has 1 aromatic heterocycles. The van der Waals surface area contributed by atoms with E-state index in [2.05, 4.69) is 29.1 Å². The van der Waals surface area contributed by atoms with E-state index in [0.29, 0.717) is 6.04 Å². The maximum atomic E-state index is 4.39. The summed E-state index contributed by atoms with van der Waals surface area (Å²) in [4.78, 5) is 8.67. The van der Waals surface area contributed by atoms with E-state index < -0.39 is 0 Å². The molecule has 0 radical (unpaired) electrons. The summed E-state index contributed by atoms with van der Waals surface area (Å²) in [5.74, 6) is 0. The average Bonchev–Trinajstić information content (AvgIpc) is 2.38. The predicted octanol–water partition coefficient (Wildman–Crippen LogP) is 3.80. The zero-order valence-corrected chi connectivity index (χ0v) is 12.1. The number of hydrogen-bond acceptors (Lipinski definition) is 3. The van der Waals surface area contributed by atoms with Crippen molar-refractivity contribution in [1.29, 1.82) is 0 Å². The molecule has 0 amide bonds. The Kier molecular flexibility index (Phi) is 7.58. The van der Waals surface area contributed by atoms with Crippen molar-refractivity contribution in [3.05, 3.63) is 23.8 Å². The smallest absolute Gasteiger partial charge is 0.0782 e. The summed E-state index contributed by atoms with van der Waals surface area (Å²) in [7, 11) is 0. The van der Waals surface area contributed by atoms with E-state index in [9.17, 15) is 0 Å². The van der Waals surface area contributed by atoms with Crippen LogP contribution in [0.5, 0.6) is 0 Å². The van der Waals surface area contributed by atoms with Gasteiger partial charge in [0.15, 0.2) is 0 Å². The van der Waals surface area contributed by atoms with Crippen molar-refractivity contribution in [2.24, 2.45) is 0 Å². The van der Waals surface area contributed by atoms with Gasteiger partial charge in [0.05, 0.1) is 11.4 Å². The predicted molar refractivity (Wildman–Crippen MR) is 76.6 cm³/mol. The van der Waals surface area contributed by atoms with Gasteiger partial charge in [-0.1, -0.05) is 39.0 Å². The standard InChI is InChI=1S/C15H27N3/c1-4-5-6-7-8-9-10-16-13(2)15-14(3)17-11-12-18-15/h11-13,16H,4-10H2,1-3H3. The zero-order chi connectivity index (χ0) is 13.2. The molecule has 0 bridgehead atoms. The van der Waals surface area contributed by atoms with Crippen molar-refractivity contribution in [3.63, 3.8) is 0 Å². The van der Waals surface area contributed by atoms with Gasteiger partial charge < -0.3 is 5.32 Å². The summed E-state index contributed by atoms with van der Waals surface area (Å²) >= 11 is 0. The first-order chi connectivity index (χ1) is 8.75. The van der Waals surface area contributed by atoms with Gasteiger partial charge in [-0.15, -0.1) is 0 Å². The normalized spacial score (nSPS) is 12.6. The molecule has 0 aliphatic heterocycles. The molecular formula is C15H27N3. The Morgan fingerprint density at radius 3 is 2.44 bits per heavy atom. The molecule has 1 unspecified atom stereocenters. The molecule has 1 rings (SSSR count). The van der Waals surface area contributed by atoms with Gasteiger partial charge in [-0.3, -0.25) is 9.97 Å². The number of aromatic nitrogens is 2. The second kappa shape index (κ2) is 9.03. The molecule has 0 saturated heterocycles. The van der Waals surface area contributed by atoms with Crippen molar-refractivity contribution >= 4 is 0 Å². The lowest BCUT2D eigenvalue weighted by Crippen LogP contribution is -2.21. The monoisotopic (exact) mass is 249 g/mol. The fourth-order valence-corrected chi connectivity index (χ4v) is 2.16. The van der Waals surface area contributed by atoms with Gasteiger partial charge in [-0.2, -0.15) is 0 Å². The van der Waals surface area contributed by atoms with Crippen LogP contribution in [0.15, 0.2) is 12.4 Å². The molecule has 102 valence electrons. The highest BCUT2D eigenvalue weighted by atomic mass is 14.9. The van der Waals surface area contributed by atoms with Crippen LogP contribution in [0.2, 0.25) is 0 Å². The van der Waals surface area contributed by atoms with Crippen LogP contribution < -0.4 is 5.32 Å². The summed E-state index contributed by atoms with van der Waals surface area (Å²) < 4.78 is 0. The van der Waals surface area contributed by atoms with E-state index in [0.717, 1.165) is 17.9 Å². The van der Waals surface area contributed by atoms with E-state index >= 15 is 0 Å².